The van der Waals surface area contributed by atoms with Crippen molar-refractivity contribution in [3.8, 4) is 5.75 Å². The third-order valence-electron chi connectivity index (χ3n) is 6.91. The van der Waals surface area contributed by atoms with Crippen LogP contribution in [0.2, 0.25) is 0 Å². The van der Waals surface area contributed by atoms with Gasteiger partial charge in [0.05, 0.1) is 24.2 Å². The normalized spacial score (nSPS) is 12.8. The summed E-state index contributed by atoms with van der Waals surface area (Å²) in [6, 6.07) is 19.9. The molecule has 0 aromatic heterocycles. The predicted octanol–water partition coefficient (Wildman–Crippen LogP) is 3.10. The van der Waals surface area contributed by atoms with E-state index in [1.165, 1.54) is 12.1 Å². The zero-order valence-corrected chi connectivity index (χ0v) is 25.8. The number of primary sulfonamides is 1. The number of ether oxygens (including phenoxy) is 1. The summed E-state index contributed by atoms with van der Waals surface area (Å²) in [5, 5.41) is 22.7. The molecule has 3 aromatic rings. The number of nitrogens with zero attached hydrogens (tertiary/aromatic N) is 1. The second kappa shape index (κ2) is 16.2. The van der Waals surface area contributed by atoms with E-state index in [0.717, 1.165) is 35.8 Å². The minimum atomic E-state index is -4.22. The molecule has 0 saturated carbocycles. The van der Waals surface area contributed by atoms with E-state index in [1.807, 2.05) is 68.4 Å². The fourth-order valence-electron chi connectivity index (χ4n) is 4.75. The molecule has 5 N–H and O–H groups in total. The molecule has 0 heterocycles. The monoisotopic (exact) mass is 610 g/mol. The Balaban J connectivity index is 1.86. The molecule has 11 heteroatoms. The van der Waals surface area contributed by atoms with E-state index in [0.29, 0.717) is 26.1 Å². The van der Waals surface area contributed by atoms with Gasteiger partial charge >= 0.3 is 0 Å². The minimum Gasteiger partial charge on any atom is -0.497 e. The molecular formula is C32H42N4O6S. The van der Waals surface area contributed by atoms with Gasteiger partial charge in [-0.05, 0) is 60.7 Å². The van der Waals surface area contributed by atoms with Crippen molar-refractivity contribution >= 4 is 21.8 Å². The molecule has 0 unspecified atom stereocenters. The maximum absolute atomic E-state index is 13.6. The van der Waals surface area contributed by atoms with E-state index in [-0.39, 0.29) is 28.5 Å². The molecule has 0 fully saturated rings. The Kier molecular flexibility index (Phi) is 12.7. The number of carbonyl (C=O) groups excluding carboxylic acids is 2. The van der Waals surface area contributed by atoms with Crippen LogP contribution in [-0.4, -0.2) is 69.1 Å². The van der Waals surface area contributed by atoms with Crippen LogP contribution in [0.5, 0.6) is 5.75 Å². The van der Waals surface area contributed by atoms with Gasteiger partial charge in [0.2, 0.25) is 10.0 Å². The lowest BCUT2D eigenvalue weighted by molar-refractivity contribution is 0.0755. The molecule has 0 bridgehead atoms. The van der Waals surface area contributed by atoms with Crippen LogP contribution in [0.4, 0.5) is 0 Å². The number of nitrogens with one attached hydrogen (secondary N) is 2. The van der Waals surface area contributed by atoms with Crippen LogP contribution >= 0.6 is 0 Å². The zero-order chi connectivity index (χ0) is 31.4. The molecule has 3 rings (SSSR count). The Morgan fingerprint density at radius 3 is 2.21 bits per heavy atom. The predicted molar refractivity (Wildman–Crippen MR) is 166 cm³/mol. The molecule has 2 amide bonds. The van der Waals surface area contributed by atoms with Crippen LogP contribution in [0.15, 0.2) is 77.7 Å². The van der Waals surface area contributed by atoms with Gasteiger partial charge in [-0.25, -0.2) is 13.6 Å². The van der Waals surface area contributed by atoms with Gasteiger partial charge in [-0.1, -0.05) is 56.3 Å². The van der Waals surface area contributed by atoms with Crippen LogP contribution in [0, 0.1) is 0 Å². The first-order valence-corrected chi connectivity index (χ1v) is 15.9. The summed E-state index contributed by atoms with van der Waals surface area (Å²) in [6.07, 6.45) is 0.759. The number of carbonyl (C=O) groups is 2. The van der Waals surface area contributed by atoms with Crippen molar-refractivity contribution in [3.63, 3.8) is 0 Å². The number of amides is 2. The first kappa shape index (κ1) is 33.7. The highest BCUT2D eigenvalue weighted by Crippen LogP contribution is 2.18. The Hall–Kier alpha value is -3.77. The average molecular weight is 611 g/mol. The molecule has 2 atom stereocenters. The van der Waals surface area contributed by atoms with Gasteiger partial charge < -0.3 is 25.4 Å². The van der Waals surface area contributed by atoms with Gasteiger partial charge in [-0.2, -0.15) is 0 Å². The quantitative estimate of drug-likeness (QED) is 0.195. The Labute approximate surface area is 254 Å². The van der Waals surface area contributed by atoms with Gasteiger partial charge in [0, 0.05) is 37.3 Å². The second-order valence-electron chi connectivity index (χ2n) is 10.4. The number of methoxy groups -OCH3 is 1. The summed E-state index contributed by atoms with van der Waals surface area (Å²) in [6.45, 7) is 5.50. The minimum absolute atomic E-state index is 0.0441. The van der Waals surface area contributed by atoms with Crippen molar-refractivity contribution in [1.82, 2.24) is 15.5 Å². The van der Waals surface area contributed by atoms with Gasteiger partial charge in [-0.3, -0.25) is 9.59 Å². The van der Waals surface area contributed by atoms with Crippen molar-refractivity contribution in [3.05, 3.63) is 95.1 Å². The maximum atomic E-state index is 13.6. The molecule has 0 aliphatic rings. The molecule has 10 nitrogen and oxygen atoms in total. The van der Waals surface area contributed by atoms with Crippen LogP contribution in [0.3, 0.4) is 0 Å². The number of aliphatic hydroxyl groups is 1. The summed E-state index contributed by atoms with van der Waals surface area (Å²) in [7, 11) is -2.63. The van der Waals surface area contributed by atoms with E-state index in [4.69, 9.17) is 9.88 Å². The van der Waals surface area contributed by atoms with E-state index >= 15 is 0 Å². The fraction of sp³-hybridized carbons (Fsp3) is 0.375. The largest absolute Gasteiger partial charge is 0.497 e. The molecule has 0 saturated heterocycles. The van der Waals surface area contributed by atoms with Crippen molar-refractivity contribution in [2.24, 2.45) is 5.14 Å². The lowest BCUT2D eigenvalue weighted by Gasteiger charge is -2.25. The second-order valence-corrected chi connectivity index (χ2v) is 12.0. The first-order valence-electron chi connectivity index (χ1n) is 14.4. The molecule has 3 aromatic carbocycles. The van der Waals surface area contributed by atoms with Gasteiger partial charge in [0.1, 0.15) is 5.75 Å². The Morgan fingerprint density at radius 1 is 0.930 bits per heavy atom. The highest BCUT2D eigenvalue weighted by Gasteiger charge is 2.25. The van der Waals surface area contributed by atoms with Gasteiger partial charge in [0.15, 0.2) is 0 Å². The van der Waals surface area contributed by atoms with E-state index < -0.39 is 28.1 Å². The number of benzene rings is 3. The maximum Gasteiger partial charge on any atom is 0.253 e. The smallest absolute Gasteiger partial charge is 0.253 e. The average Bonchev–Trinajstić information content (AvgIpc) is 3.00. The lowest BCUT2D eigenvalue weighted by atomic mass is 10.00. The first-order chi connectivity index (χ1) is 20.5. The van der Waals surface area contributed by atoms with E-state index in [2.05, 4.69) is 10.6 Å². The van der Waals surface area contributed by atoms with E-state index in [1.54, 1.807) is 12.0 Å². The molecule has 43 heavy (non-hydrogen) atoms. The van der Waals surface area contributed by atoms with Crippen molar-refractivity contribution in [2.45, 2.75) is 56.7 Å². The number of sulfonamides is 1. The lowest BCUT2D eigenvalue weighted by Crippen LogP contribution is -2.48. The molecule has 0 spiro atoms. The summed E-state index contributed by atoms with van der Waals surface area (Å²) in [5.41, 5.74) is 1.87. The molecular weight excluding hydrogens is 568 g/mol. The van der Waals surface area contributed by atoms with Crippen molar-refractivity contribution in [2.75, 3.05) is 26.7 Å². The number of rotatable bonds is 16. The molecule has 232 valence electrons. The number of aliphatic hydroxyl groups excluding tert-OH is 1. The van der Waals surface area contributed by atoms with Gasteiger partial charge in [-0.15, -0.1) is 0 Å². The topological polar surface area (TPSA) is 151 Å². The summed E-state index contributed by atoms with van der Waals surface area (Å²) >= 11 is 0. The van der Waals surface area contributed by atoms with Crippen LogP contribution in [0.25, 0.3) is 0 Å². The summed E-state index contributed by atoms with van der Waals surface area (Å²) in [4.78, 5) is 28.2. The highest BCUT2D eigenvalue weighted by atomic mass is 32.2. The summed E-state index contributed by atoms with van der Waals surface area (Å²) < 4.78 is 29.9. The van der Waals surface area contributed by atoms with Crippen LogP contribution < -0.4 is 20.5 Å². The van der Waals surface area contributed by atoms with Crippen LogP contribution in [-0.2, 0) is 23.0 Å². The standard InChI is InChI=1S/C32H42N4O6S/c1-4-14-36(15-5-2)32(39)26-18-25(19-28(20-26)43(33,40)41)31(38)35-29(17-23-10-7-6-8-11-23)30(37)22-34-21-24-12-9-13-27(16-24)42-3/h6-13,16,18-20,29-30,34,37H,4-5,14-15,17,21-22H2,1-3H3,(H,35,38)(H2,33,40,41)/t29-,30+/m0/s1. The van der Waals surface area contributed by atoms with Crippen molar-refractivity contribution in [1.29, 1.82) is 0 Å². The Bertz CT molecular complexity index is 1460. The number of hydrogen-bond donors (Lipinski definition) is 4. The summed E-state index contributed by atoms with van der Waals surface area (Å²) in [5.74, 6) is -0.295. The highest BCUT2D eigenvalue weighted by molar-refractivity contribution is 7.89. The number of nitrogens with two attached hydrogens (primary N) is 1. The van der Waals surface area contributed by atoms with E-state index in [9.17, 15) is 23.1 Å². The SMILES string of the molecule is CCCN(CCC)C(=O)c1cc(C(=O)N[C@@H](Cc2ccccc2)[C@H](O)CNCc2cccc(OC)c2)cc(S(N)(=O)=O)c1. The molecule has 0 aliphatic carbocycles. The van der Waals surface area contributed by atoms with Crippen LogP contribution in [0.1, 0.15) is 58.5 Å². The number of hydrogen-bond acceptors (Lipinski definition) is 7. The molecule has 0 aliphatic heterocycles. The third kappa shape index (κ3) is 10.2. The molecule has 0 radical (unpaired) electrons. The zero-order valence-electron chi connectivity index (χ0n) is 25.0. The fourth-order valence-corrected chi connectivity index (χ4v) is 5.33. The third-order valence-corrected chi connectivity index (χ3v) is 7.81. The van der Waals surface area contributed by atoms with Gasteiger partial charge in [0.25, 0.3) is 11.8 Å². The Morgan fingerprint density at radius 2 is 1.58 bits per heavy atom. The van der Waals surface area contributed by atoms with Crippen molar-refractivity contribution < 1.29 is 27.9 Å².